The lowest BCUT2D eigenvalue weighted by Crippen LogP contribution is -2.47. The molecule has 6 rings (SSSR count). The summed E-state index contributed by atoms with van der Waals surface area (Å²) in [6, 6.07) is 11.2. The van der Waals surface area contributed by atoms with Crippen LogP contribution in [0.3, 0.4) is 0 Å². The van der Waals surface area contributed by atoms with E-state index in [9.17, 15) is 4.79 Å². The monoisotopic (exact) mass is 471 g/mol. The van der Waals surface area contributed by atoms with E-state index in [-0.39, 0.29) is 11.9 Å². The topological polar surface area (TPSA) is 106 Å². The first-order valence-electron chi connectivity index (χ1n) is 11.0. The molecule has 1 amide bonds. The van der Waals surface area contributed by atoms with Crippen molar-refractivity contribution in [3.8, 4) is 17.1 Å². The summed E-state index contributed by atoms with van der Waals surface area (Å²) >= 11 is 1.58. The van der Waals surface area contributed by atoms with Crippen LogP contribution in [0.5, 0.6) is 0 Å². The smallest absolute Gasteiger partial charge is 0.247 e. The number of carbonyl (C=O) groups excluding carboxylic acids is 1. The predicted octanol–water partition coefficient (Wildman–Crippen LogP) is 3.43. The van der Waals surface area contributed by atoms with Crippen molar-refractivity contribution >= 4 is 33.7 Å². The van der Waals surface area contributed by atoms with Gasteiger partial charge in [-0.25, -0.2) is 14.6 Å². The summed E-state index contributed by atoms with van der Waals surface area (Å²) < 4.78 is 3.54. The summed E-state index contributed by atoms with van der Waals surface area (Å²) in [6.07, 6.45) is 9.72. The summed E-state index contributed by atoms with van der Waals surface area (Å²) in [6.45, 7) is 0.744. The molecule has 0 bridgehead atoms. The van der Waals surface area contributed by atoms with Crippen molar-refractivity contribution in [3.63, 3.8) is 0 Å². The fourth-order valence-corrected chi connectivity index (χ4v) is 4.99. The molecule has 5 heterocycles. The molecule has 11 heteroatoms. The molecule has 0 spiro atoms. The Balaban J connectivity index is 1.25. The second-order valence-electron chi connectivity index (χ2n) is 8.05. The molecule has 0 aliphatic carbocycles. The second-order valence-corrected chi connectivity index (χ2v) is 8.92. The summed E-state index contributed by atoms with van der Waals surface area (Å²) in [5, 5.41) is 17.9. The van der Waals surface area contributed by atoms with Gasteiger partial charge < -0.3 is 10.2 Å². The molecular formula is C23H21N9OS. The molecule has 0 radical (unpaired) electrons. The molecule has 4 aromatic heterocycles. The Labute approximate surface area is 198 Å². The number of fused-ring (bicyclic) bond motifs is 1. The van der Waals surface area contributed by atoms with Gasteiger partial charge in [0.15, 0.2) is 16.6 Å². The zero-order valence-electron chi connectivity index (χ0n) is 18.2. The number of imidazole rings is 1. The van der Waals surface area contributed by atoms with Gasteiger partial charge >= 0.3 is 0 Å². The number of benzene rings is 1. The summed E-state index contributed by atoms with van der Waals surface area (Å²) in [7, 11) is 0. The van der Waals surface area contributed by atoms with Crippen LogP contribution in [0.4, 0.5) is 11.5 Å². The molecule has 170 valence electrons. The highest BCUT2D eigenvalue weighted by Crippen LogP contribution is 2.30. The Bertz CT molecular complexity index is 1400. The number of rotatable bonds is 5. The molecule has 5 aromatic rings. The zero-order valence-corrected chi connectivity index (χ0v) is 19.0. The number of aromatic nitrogens is 7. The lowest BCUT2D eigenvalue weighted by molar-refractivity contribution is -0.117. The van der Waals surface area contributed by atoms with Crippen molar-refractivity contribution in [2.24, 2.45) is 0 Å². The first-order chi connectivity index (χ1) is 16.8. The van der Waals surface area contributed by atoms with E-state index in [0.29, 0.717) is 11.6 Å². The third-order valence-electron chi connectivity index (χ3n) is 5.94. The maximum atomic E-state index is 13.5. The fourth-order valence-electron chi connectivity index (χ4n) is 4.29. The molecule has 10 nitrogen and oxygen atoms in total. The van der Waals surface area contributed by atoms with Gasteiger partial charge in [-0.1, -0.05) is 18.2 Å². The number of nitrogens with zero attached hydrogens (tertiary/aromatic N) is 8. The molecule has 1 atom stereocenters. The van der Waals surface area contributed by atoms with E-state index in [1.165, 1.54) is 6.33 Å². The molecule has 34 heavy (non-hydrogen) atoms. The summed E-state index contributed by atoms with van der Waals surface area (Å²) in [5.41, 5.74) is 2.47. The summed E-state index contributed by atoms with van der Waals surface area (Å²) in [5.74, 6) is 1.19. The zero-order chi connectivity index (χ0) is 22.9. The van der Waals surface area contributed by atoms with Crippen molar-refractivity contribution < 1.29 is 4.79 Å². The van der Waals surface area contributed by atoms with E-state index in [0.717, 1.165) is 47.7 Å². The first kappa shape index (κ1) is 20.5. The van der Waals surface area contributed by atoms with Gasteiger partial charge in [0, 0.05) is 29.9 Å². The van der Waals surface area contributed by atoms with Gasteiger partial charge in [0.2, 0.25) is 5.91 Å². The van der Waals surface area contributed by atoms with Gasteiger partial charge in [-0.05, 0) is 37.5 Å². The maximum absolute atomic E-state index is 13.5. The maximum Gasteiger partial charge on any atom is 0.247 e. The van der Waals surface area contributed by atoms with Crippen LogP contribution in [0.25, 0.3) is 22.0 Å². The van der Waals surface area contributed by atoms with Crippen LogP contribution < -0.4 is 10.2 Å². The van der Waals surface area contributed by atoms with E-state index < -0.39 is 0 Å². The van der Waals surface area contributed by atoms with Gasteiger partial charge in [-0.15, -0.1) is 21.5 Å². The number of hydrogen-bond acceptors (Lipinski definition) is 8. The number of amides is 1. The number of nitrogens with one attached hydrogen (secondary N) is 1. The van der Waals surface area contributed by atoms with E-state index >= 15 is 0 Å². The van der Waals surface area contributed by atoms with Crippen LogP contribution in [0.1, 0.15) is 19.3 Å². The standard InChI is InChI=1S/C23H21N9OS/c33-22(26-17-6-2-1-5-16(17)18-13-30-11-12-34-23(30)27-18)19-7-3-4-10-31(19)20-8-9-21(29-28-20)32-15-24-14-25-32/h1-2,5-6,8-9,11-15,19H,3-4,7,10H2,(H,26,33). The number of anilines is 2. The molecule has 1 unspecified atom stereocenters. The third kappa shape index (κ3) is 3.79. The minimum absolute atomic E-state index is 0.0599. The van der Waals surface area contributed by atoms with Crippen molar-refractivity contribution in [2.75, 3.05) is 16.8 Å². The van der Waals surface area contributed by atoms with Crippen LogP contribution in [0, 0.1) is 0 Å². The van der Waals surface area contributed by atoms with E-state index in [1.54, 1.807) is 22.3 Å². The van der Waals surface area contributed by atoms with Gasteiger partial charge in [0.25, 0.3) is 0 Å². The van der Waals surface area contributed by atoms with Crippen LogP contribution in [0.15, 0.2) is 66.8 Å². The van der Waals surface area contributed by atoms with Crippen LogP contribution in [-0.4, -0.2) is 52.8 Å². The van der Waals surface area contributed by atoms with Crippen LogP contribution in [0.2, 0.25) is 0 Å². The Morgan fingerprint density at radius 1 is 1.09 bits per heavy atom. The van der Waals surface area contributed by atoms with E-state index in [1.807, 2.05) is 63.5 Å². The minimum atomic E-state index is -0.334. The minimum Gasteiger partial charge on any atom is -0.343 e. The average Bonchev–Trinajstić information content (AvgIpc) is 3.63. The molecular weight excluding hydrogens is 450 g/mol. The van der Waals surface area contributed by atoms with Crippen molar-refractivity contribution in [1.82, 2.24) is 34.3 Å². The number of hydrogen-bond donors (Lipinski definition) is 1. The number of para-hydroxylation sites is 1. The quantitative estimate of drug-likeness (QED) is 0.419. The van der Waals surface area contributed by atoms with Gasteiger partial charge in [0.05, 0.1) is 11.4 Å². The van der Waals surface area contributed by atoms with E-state index in [4.69, 9.17) is 4.98 Å². The molecule has 1 fully saturated rings. The first-order valence-corrected chi connectivity index (χ1v) is 11.9. The second kappa shape index (κ2) is 8.67. The van der Waals surface area contributed by atoms with Gasteiger partial charge in [-0.2, -0.15) is 5.10 Å². The molecule has 0 saturated carbocycles. The van der Waals surface area contributed by atoms with Crippen LogP contribution >= 0.6 is 11.3 Å². The van der Waals surface area contributed by atoms with Crippen molar-refractivity contribution in [3.05, 3.63) is 66.8 Å². The number of thiazole rings is 1. The fraction of sp³-hybridized carbons (Fsp3) is 0.217. The molecule has 1 aliphatic heterocycles. The average molecular weight is 472 g/mol. The number of carbonyl (C=O) groups is 1. The Hall–Kier alpha value is -4.12. The highest BCUT2D eigenvalue weighted by molar-refractivity contribution is 7.15. The predicted molar refractivity (Wildman–Crippen MR) is 129 cm³/mol. The third-order valence-corrected chi connectivity index (χ3v) is 6.71. The number of piperidine rings is 1. The summed E-state index contributed by atoms with van der Waals surface area (Å²) in [4.78, 5) is 25.1. The van der Waals surface area contributed by atoms with Gasteiger partial charge in [0.1, 0.15) is 18.7 Å². The SMILES string of the molecule is O=C(Nc1ccccc1-c1cn2ccsc2n1)C1CCCCN1c1ccc(-n2cncn2)nn1. The normalized spacial score (nSPS) is 16.1. The molecule has 1 aliphatic rings. The van der Waals surface area contributed by atoms with E-state index in [2.05, 4.69) is 25.6 Å². The lowest BCUT2D eigenvalue weighted by atomic mass is 10.0. The van der Waals surface area contributed by atoms with Gasteiger partial charge in [-0.3, -0.25) is 9.20 Å². The van der Waals surface area contributed by atoms with Crippen LogP contribution in [-0.2, 0) is 4.79 Å². The van der Waals surface area contributed by atoms with Crippen molar-refractivity contribution in [1.29, 1.82) is 0 Å². The van der Waals surface area contributed by atoms with Crippen molar-refractivity contribution in [2.45, 2.75) is 25.3 Å². The molecule has 1 N–H and O–H groups in total. The highest BCUT2D eigenvalue weighted by Gasteiger charge is 2.30. The largest absolute Gasteiger partial charge is 0.343 e. The Morgan fingerprint density at radius 3 is 2.79 bits per heavy atom. The lowest BCUT2D eigenvalue weighted by Gasteiger charge is -2.35. The highest BCUT2D eigenvalue weighted by atomic mass is 32.1. The molecule has 1 saturated heterocycles. The Kier molecular flexibility index (Phi) is 5.22. The molecule has 1 aromatic carbocycles. The Morgan fingerprint density at radius 2 is 1.97 bits per heavy atom.